The van der Waals surface area contributed by atoms with Crippen molar-refractivity contribution in [2.24, 2.45) is 0 Å². The molecule has 0 radical (unpaired) electrons. The number of aliphatic hydroxyl groups excluding tert-OH is 1. The molecule has 1 atom stereocenters. The van der Waals surface area contributed by atoms with Crippen molar-refractivity contribution in [3.05, 3.63) is 28.8 Å². The lowest BCUT2D eigenvalue weighted by molar-refractivity contribution is -0.132. The van der Waals surface area contributed by atoms with Gasteiger partial charge in [-0.2, -0.15) is 0 Å². The molecule has 158 valence electrons. The first kappa shape index (κ1) is 22.7. The number of piperazine rings is 1. The molecule has 1 aromatic rings. The van der Waals surface area contributed by atoms with Crippen molar-refractivity contribution in [3.8, 4) is 5.75 Å². The summed E-state index contributed by atoms with van der Waals surface area (Å²) < 4.78 is 5.94. The van der Waals surface area contributed by atoms with E-state index in [-0.39, 0.29) is 5.91 Å². The molecule has 1 aliphatic rings. The first-order valence-electron chi connectivity index (χ1n) is 10.5. The molecule has 1 aromatic carbocycles. The van der Waals surface area contributed by atoms with E-state index in [0.29, 0.717) is 19.7 Å². The molecule has 0 aromatic heterocycles. The number of carbonyl (C=O) groups excluding carboxylic acids is 1. The third-order valence-electron chi connectivity index (χ3n) is 5.70. The molecule has 2 rings (SSSR count). The largest absolute Gasteiger partial charge is 0.490 e. The summed E-state index contributed by atoms with van der Waals surface area (Å²) in [4.78, 5) is 18.6. The van der Waals surface area contributed by atoms with Gasteiger partial charge in [-0.15, -0.1) is 0 Å². The number of ether oxygens (including phenoxy) is 1. The topological polar surface area (TPSA) is 56.3 Å². The Morgan fingerprint density at radius 2 is 1.64 bits per heavy atom. The van der Waals surface area contributed by atoms with Crippen LogP contribution >= 0.6 is 0 Å². The van der Waals surface area contributed by atoms with Crippen molar-refractivity contribution in [1.29, 1.82) is 0 Å². The minimum Gasteiger partial charge on any atom is -0.490 e. The van der Waals surface area contributed by atoms with Gasteiger partial charge in [-0.1, -0.05) is 12.1 Å². The third kappa shape index (κ3) is 6.19. The van der Waals surface area contributed by atoms with Gasteiger partial charge < -0.3 is 14.7 Å². The average molecular weight is 392 g/mol. The molecule has 0 saturated carbocycles. The summed E-state index contributed by atoms with van der Waals surface area (Å²) in [6.45, 7) is 16.6. The van der Waals surface area contributed by atoms with E-state index in [1.807, 2.05) is 25.7 Å². The summed E-state index contributed by atoms with van der Waals surface area (Å²) >= 11 is 0. The standard InChI is InChI=1S/C22H37N3O3/c1-6-25(7-2)21(27)15-24-12-10-23(11-13-24)14-20(26)16-28-22-18(4)9-8-17(3)19(22)5/h8-9,20,26H,6-7,10-16H2,1-5H3. The Morgan fingerprint density at radius 1 is 1.07 bits per heavy atom. The Labute approximate surface area is 170 Å². The van der Waals surface area contributed by atoms with Crippen molar-refractivity contribution in [1.82, 2.24) is 14.7 Å². The van der Waals surface area contributed by atoms with Gasteiger partial charge in [-0.05, 0) is 51.3 Å². The molecule has 0 aliphatic carbocycles. The lowest BCUT2D eigenvalue weighted by Crippen LogP contribution is -2.51. The molecule has 6 heteroatoms. The van der Waals surface area contributed by atoms with Crippen LogP contribution in [0.2, 0.25) is 0 Å². The second-order valence-corrected chi connectivity index (χ2v) is 7.76. The van der Waals surface area contributed by atoms with Gasteiger partial charge in [0, 0.05) is 45.8 Å². The smallest absolute Gasteiger partial charge is 0.236 e. The second kappa shape index (κ2) is 10.8. The highest BCUT2D eigenvalue weighted by atomic mass is 16.5. The predicted octanol–water partition coefficient (Wildman–Crippen LogP) is 1.84. The summed E-state index contributed by atoms with van der Waals surface area (Å²) in [6, 6.07) is 4.15. The van der Waals surface area contributed by atoms with Gasteiger partial charge in [0.1, 0.15) is 18.5 Å². The van der Waals surface area contributed by atoms with Gasteiger partial charge in [-0.3, -0.25) is 14.6 Å². The van der Waals surface area contributed by atoms with Crippen LogP contribution in [-0.2, 0) is 4.79 Å². The van der Waals surface area contributed by atoms with Crippen LogP contribution in [0.25, 0.3) is 0 Å². The number of hydrogen-bond donors (Lipinski definition) is 1. The van der Waals surface area contributed by atoms with Crippen LogP contribution in [0.1, 0.15) is 30.5 Å². The maximum atomic E-state index is 12.2. The molecule has 1 saturated heterocycles. The molecule has 1 aliphatic heterocycles. The number of hydrogen-bond acceptors (Lipinski definition) is 5. The first-order valence-corrected chi connectivity index (χ1v) is 10.5. The van der Waals surface area contributed by atoms with Crippen LogP contribution in [0.4, 0.5) is 0 Å². The molecule has 1 N–H and O–H groups in total. The van der Waals surface area contributed by atoms with Crippen molar-refractivity contribution >= 4 is 5.91 Å². The number of rotatable bonds is 9. The molecule has 1 unspecified atom stereocenters. The van der Waals surface area contributed by atoms with Crippen molar-refractivity contribution < 1.29 is 14.6 Å². The van der Waals surface area contributed by atoms with E-state index in [2.05, 4.69) is 35.8 Å². The van der Waals surface area contributed by atoms with Crippen LogP contribution in [0.15, 0.2) is 12.1 Å². The Bertz CT molecular complexity index is 638. The van der Waals surface area contributed by atoms with Gasteiger partial charge in [0.2, 0.25) is 5.91 Å². The maximum absolute atomic E-state index is 12.2. The van der Waals surface area contributed by atoms with E-state index in [1.54, 1.807) is 0 Å². The summed E-state index contributed by atoms with van der Waals surface area (Å²) in [5, 5.41) is 10.4. The van der Waals surface area contributed by atoms with E-state index in [0.717, 1.165) is 56.1 Å². The number of carbonyl (C=O) groups is 1. The fraction of sp³-hybridized carbons (Fsp3) is 0.682. The molecule has 1 amide bonds. The van der Waals surface area contributed by atoms with Crippen molar-refractivity contribution in [2.45, 2.75) is 40.7 Å². The fourth-order valence-corrected chi connectivity index (χ4v) is 3.68. The zero-order valence-electron chi connectivity index (χ0n) is 18.2. The quantitative estimate of drug-likeness (QED) is 0.696. The van der Waals surface area contributed by atoms with E-state index in [9.17, 15) is 9.90 Å². The Balaban J connectivity index is 1.74. The van der Waals surface area contributed by atoms with Gasteiger partial charge in [0.05, 0.1) is 6.54 Å². The van der Waals surface area contributed by atoms with Crippen LogP contribution in [0.5, 0.6) is 5.75 Å². The van der Waals surface area contributed by atoms with Gasteiger partial charge in [0.15, 0.2) is 0 Å². The third-order valence-corrected chi connectivity index (χ3v) is 5.70. The minimum atomic E-state index is -0.525. The number of aliphatic hydroxyl groups is 1. The predicted molar refractivity (Wildman–Crippen MR) is 113 cm³/mol. The summed E-state index contributed by atoms with van der Waals surface area (Å²) in [5.41, 5.74) is 3.44. The van der Waals surface area contributed by atoms with E-state index in [4.69, 9.17) is 4.74 Å². The second-order valence-electron chi connectivity index (χ2n) is 7.76. The van der Waals surface area contributed by atoms with Crippen LogP contribution in [-0.4, -0.2) is 90.8 Å². The van der Waals surface area contributed by atoms with Crippen LogP contribution in [0, 0.1) is 20.8 Å². The van der Waals surface area contributed by atoms with E-state index in [1.165, 1.54) is 5.56 Å². The summed E-state index contributed by atoms with van der Waals surface area (Å²) in [7, 11) is 0. The van der Waals surface area contributed by atoms with Gasteiger partial charge >= 0.3 is 0 Å². The molecular weight excluding hydrogens is 354 g/mol. The SMILES string of the molecule is CCN(CC)C(=O)CN1CCN(CC(O)COc2c(C)ccc(C)c2C)CC1. The highest BCUT2D eigenvalue weighted by molar-refractivity contribution is 5.78. The lowest BCUT2D eigenvalue weighted by Gasteiger charge is -2.36. The number of nitrogens with zero attached hydrogens (tertiary/aromatic N) is 3. The zero-order valence-corrected chi connectivity index (χ0v) is 18.2. The lowest BCUT2D eigenvalue weighted by atomic mass is 10.1. The molecule has 28 heavy (non-hydrogen) atoms. The highest BCUT2D eigenvalue weighted by Gasteiger charge is 2.22. The van der Waals surface area contributed by atoms with Crippen LogP contribution < -0.4 is 4.74 Å². The molecule has 0 bridgehead atoms. The normalized spacial score (nSPS) is 16.8. The maximum Gasteiger partial charge on any atom is 0.236 e. The number of β-amino-alcohol motifs (C(OH)–C–C–N with tert-alkyl or cyclic N) is 1. The van der Waals surface area contributed by atoms with Gasteiger partial charge in [0.25, 0.3) is 0 Å². The molecular formula is C22H37N3O3. The summed E-state index contributed by atoms with van der Waals surface area (Å²) in [6.07, 6.45) is -0.525. The average Bonchev–Trinajstić information content (AvgIpc) is 2.67. The molecule has 1 heterocycles. The summed E-state index contributed by atoms with van der Waals surface area (Å²) in [5.74, 6) is 1.09. The van der Waals surface area contributed by atoms with E-state index < -0.39 is 6.10 Å². The van der Waals surface area contributed by atoms with Gasteiger partial charge in [-0.25, -0.2) is 0 Å². The van der Waals surface area contributed by atoms with Crippen molar-refractivity contribution in [2.75, 3.05) is 59.0 Å². The number of benzene rings is 1. The Morgan fingerprint density at radius 3 is 2.25 bits per heavy atom. The number of aryl methyl sites for hydroxylation is 2. The van der Waals surface area contributed by atoms with E-state index >= 15 is 0 Å². The molecule has 6 nitrogen and oxygen atoms in total. The Kier molecular flexibility index (Phi) is 8.73. The Hall–Kier alpha value is -1.63. The number of amides is 1. The monoisotopic (exact) mass is 391 g/mol. The molecule has 0 spiro atoms. The number of likely N-dealkylation sites (N-methyl/N-ethyl adjacent to an activating group) is 1. The first-order chi connectivity index (χ1) is 13.3. The molecule has 1 fully saturated rings. The van der Waals surface area contributed by atoms with Crippen LogP contribution in [0.3, 0.4) is 0 Å². The highest BCUT2D eigenvalue weighted by Crippen LogP contribution is 2.25. The van der Waals surface area contributed by atoms with Crippen molar-refractivity contribution in [3.63, 3.8) is 0 Å². The zero-order chi connectivity index (χ0) is 20.7. The minimum absolute atomic E-state index is 0.204. The fourth-order valence-electron chi connectivity index (χ4n) is 3.68.